The van der Waals surface area contributed by atoms with Crippen molar-refractivity contribution in [2.75, 3.05) is 11.1 Å². The molecule has 1 aliphatic heterocycles. The second-order valence-electron chi connectivity index (χ2n) is 4.09. The van der Waals surface area contributed by atoms with Crippen LogP contribution in [0.4, 0.5) is 11.4 Å². The smallest absolute Gasteiger partial charge is 0.224 e. The van der Waals surface area contributed by atoms with E-state index in [4.69, 9.17) is 5.73 Å². The van der Waals surface area contributed by atoms with Gasteiger partial charge in [0.1, 0.15) is 0 Å². The van der Waals surface area contributed by atoms with Crippen LogP contribution in [0.3, 0.4) is 0 Å². The summed E-state index contributed by atoms with van der Waals surface area (Å²) in [5.74, 6) is 0.0484. The fourth-order valence-corrected chi connectivity index (χ4v) is 2.06. The van der Waals surface area contributed by atoms with Crippen LogP contribution in [0.2, 0.25) is 0 Å². The fourth-order valence-electron chi connectivity index (χ4n) is 2.06. The van der Waals surface area contributed by atoms with Crippen LogP contribution in [0.1, 0.15) is 12.0 Å². The van der Waals surface area contributed by atoms with Gasteiger partial charge in [0.05, 0.1) is 17.7 Å². The number of carbonyl (C=O) groups is 1. The molecule has 86 valence electrons. The Labute approximate surface area is 98.3 Å². The maximum Gasteiger partial charge on any atom is 0.224 e. The lowest BCUT2D eigenvalue weighted by atomic mass is 10.0. The summed E-state index contributed by atoms with van der Waals surface area (Å²) in [4.78, 5) is 15.3. The third-order valence-electron chi connectivity index (χ3n) is 2.93. The zero-order valence-corrected chi connectivity index (χ0v) is 9.18. The number of hydrogen-bond acceptors (Lipinski definition) is 3. The highest BCUT2D eigenvalue weighted by Crippen LogP contribution is 2.29. The van der Waals surface area contributed by atoms with Gasteiger partial charge in [0.25, 0.3) is 0 Å². The number of hydrogen-bond donors (Lipinski definition) is 2. The van der Waals surface area contributed by atoms with E-state index in [1.165, 1.54) is 0 Å². The van der Waals surface area contributed by atoms with Crippen LogP contribution < -0.4 is 11.1 Å². The number of anilines is 2. The molecular formula is C12H12N4O. The van der Waals surface area contributed by atoms with Gasteiger partial charge < -0.3 is 15.6 Å². The van der Waals surface area contributed by atoms with Crippen molar-refractivity contribution in [3.8, 4) is 5.69 Å². The lowest BCUT2D eigenvalue weighted by molar-refractivity contribution is -0.116. The predicted molar refractivity (Wildman–Crippen MR) is 64.9 cm³/mol. The normalized spacial score (nSPS) is 14.2. The number of nitrogens with zero attached hydrogens (tertiary/aromatic N) is 2. The maximum absolute atomic E-state index is 11.3. The van der Waals surface area contributed by atoms with E-state index in [2.05, 4.69) is 10.3 Å². The molecule has 5 heteroatoms. The molecule has 3 rings (SSSR count). The number of imidazole rings is 1. The molecule has 17 heavy (non-hydrogen) atoms. The minimum Gasteiger partial charge on any atom is -0.397 e. The van der Waals surface area contributed by atoms with Crippen molar-refractivity contribution in [1.29, 1.82) is 0 Å². The Bertz CT molecular complexity index is 574. The highest BCUT2D eigenvalue weighted by molar-refractivity contribution is 5.95. The lowest BCUT2D eigenvalue weighted by Crippen LogP contribution is -2.19. The molecule has 1 aromatic carbocycles. The summed E-state index contributed by atoms with van der Waals surface area (Å²) < 4.78 is 1.87. The first kappa shape index (κ1) is 9.89. The van der Waals surface area contributed by atoms with Crippen molar-refractivity contribution in [3.63, 3.8) is 0 Å². The summed E-state index contributed by atoms with van der Waals surface area (Å²) in [5, 5.41) is 2.83. The van der Waals surface area contributed by atoms with Crippen LogP contribution in [0.15, 0.2) is 30.9 Å². The molecule has 2 aromatic rings. The topological polar surface area (TPSA) is 72.9 Å². The van der Waals surface area contributed by atoms with Gasteiger partial charge in [-0.1, -0.05) is 0 Å². The van der Waals surface area contributed by atoms with Gasteiger partial charge in [-0.3, -0.25) is 4.79 Å². The summed E-state index contributed by atoms with van der Waals surface area (Å²) in [6, 6.07) is 3.81. The number of rotatable bonds is 1. The van der Waals surface area contributed by atoms with E-state index in [0.717, 1.165) is 23.4 Å². The maximum atomic E-state index is 11.3. The van der Waals surface area contributed by atoms with Gasteiger partial charge in [-0.15, -0.1) is 0 Å². The molecule has 1 aliphatic rings. The number of nitrogen functional groups attached to an aromatic ring is 1. The van der Waals surface area contributed by atoms with Crippen molar-refractivity contribution >= 4 is 17.3 Å². The predicted octanol–water partition coefficient (Wildman–Crippen LogP) is 1.34. The van der Waals surface area contributed by atoms with Gasteiger partial charge in [0.15, 0.2) is 0 Å². The van der Waals surface area contributed by atoms with E-state index in [1.54, 1.807) is 12.5 Å². The van der Waals surface area contributed by atoms with Gasteiger partial charge in [-0.2, -0.15) is 0 Å². The standard InChI is InChI=1S/C12H12N4O/c13-9-6-10-8(1-2-12(17)15-10)5-11(9)16-4-3-14-7-16/h3-7H,1-2,13H2,(H,15,17). The van der Waals surface area contributed by atoms with Gasteiger partial charge in [0.2, 0.25) is 5.91 Å². The Morgan fingerprint density at radius 2 is 2.24 bits per heavy atom. The molecule has 1 aromatic heterocycles. The van der Waals surface area contributed by atoms with Crippen molar-refractivity contribution in [2.45, 2.75) is 12.8 Å². The third-order valence-corrected chi connectivity index (χ3v) is 2.93. The molecular weight excluding hydrogens is 216 g/mol. The van der Waals surface area contributed by atoms with Gasteiger partial charge >= 0.3 is 0 Å². The van der Waals surface area contributed by atoms with Crippen LogP contribution in [-0.2, 0) is 11.2 Å². The summed E-state index contributed by atoms with van der Waals surface area (Å²) in [5.41, 5.74) is 9.45. The molecule has 0 atom stereocenters. The first-order valence-corrected chi connectivity index (χ1v) is 5.44. The molecule has 0 radical (unpaired) electrons. The number of nitrogens with one attached hydrogen (secondary N) is 1. The van der Waals surface area contributed by atoms with E-state index >= 15 is 0 Å². The number of aryl methyl sites for hydroxylation is 1. The third kappa shape index (κ3) is 1.65. The van der Waals surface area contributed by atoms with Crippen LogP contribution in [0.5, 0.6) is 0 Å². The highest BCUT2D eigenvalue weighted by Gasteiger charge is 2.16. The Kier molecular flexibility index (Phi) is 2.11. The van der Waals surface area contributed by atoms with E-state index in [9.17, 15) is 4.79 Å². The van der Waals surface area contributed by atoms with Crippen molar-refractivity contribution < 1.29 is 4.79 Å². The second kappa shape index (κ2) is 3.62. The van der Waals surface area contributed by atoms with Crippen molar-refractivity contribution in [3.05, 3.63) is 36.4 Å². The Morgan fingerprint density at radius 1 is 1.35 bits per heavy atom. The zero-order valence-electron chi connectivity index (χ0n) is 9.18. The number of benzene rings is 1. The van der Waals surface area contributed by atoms with Gasteiger partial charge in [0, 0.05) is 24.5 Å². The Balaban J connectivity index is 2.11. The number of carbonyl (C=O) groups excluding carboxylic acids is 1. The number of aromatic nitrogens is 2. The molecule has 2 heterocycles. The van der Waals surface area contributed by atoms with Crippen molar-refractivity contribution in [2.24, 2.45) is 0 Å². The van der Waals surface area contributed by atoms with E-state index < -0.39 is 0 Å². The molecule has 0 unspecified atom stereocenters. The first-order chi connectivity index (χ1) is 8.24. The molecule has 0 spiro atoms. The monoisotopic (exact) mass is 228 g/mol. The van der Waals surface area contributed by atoms with E-state index in [-0.39, 0.29) is 5.91 Å². The Hall–Kier alpha value is -2.30. The van der Waals surface area contributed by atoms with Gasteiger partial charge in [-0.05, 0) is 24.1 Å². The van der Waals surface area contributed by atoms with Crippen molar-refractivity contribution in [1.82, 2.24) is 9.55 Å². The van der Waals surface area contributed by atoms with Crippen LogP contribution in [-0.4, -0.2) is 15.5 Å². The Morgan fingerprint density at radius 3 is 3.00 bits per heavy atom. The summed E-state index contributed by atoms with van der Waals surface area (Å²) >= 11 is 0. The molecule has 0 saturated carbocycles. The van der Waals surface area contributed by atoms with Crippen LogP contribution in [0.25, 0.3) is 5.69 Å². The number of fused-ring (bicyclic) bond motifs is 1. The largest absolute Gasteiger partial charge is 0.397 e. The van der Waals surface area contributed by atoms with E-state index in [1.807, 2.05) is 22.9 Å². The van der Waals surface area contributed by atoms with E-state index in [0.29, 0.717) is 12.1 Å². The molecule has 0 fully saturated rings. The molecule has 0 bridgehead atoms. The van der Waals surface area contributed by atoms with Crippen LogP contribution in [0, 0.1) is 0 Å². The molecule has 0 aliphatic carbocycles. The average Bonchev–Trinajstić information content (AvgIpc) is 2.81. The fraction of sp³-hybridized carbons (Fsp3) is 0.167. The zero-order chi connectivity index (χ0) is 11.8. The quantitative estimate of drug-likeness (QED) is 0.723. The van der Waals surface area contributed by atoms with Crippen LogP contribution >= 0.6 is 0 Å². The molecule has 5 nitrogen and oxygen atoms in total. The summed E-state index contributed by atoms with van der Waals surface area (Å²) in [7, 11) is 0. The SMILES string of the molecule is Nc1cc2c(cc1-n1ccnc1)CCC(=O)N2. The lowest BCUT2D eigenvalue weighted by Gasteiger charge is -2.19. The summed E-state index contributed by atoms with van der Waals surface area (Å²) in [6.45, 7) is 0. The number of nitrogens with two attached hydrogens (primary N) is 1. The number of amides is 1. The molecule has 0 saturated heterocycles. The molecule has 3 N–H and O–H groups in total. The molecule has 1 amide bonds. The van der Waals surface area contributed by atoms with Gasteiger partial charge in [-0.25, -0.2) is 4.98 Å². The highest BCUT2D eigenvalue weighted by atomic mass is 16.1. The average molecular weight is 228 g/mol. The minimum absolute atomic E-state index is 0.0484. The summed E-state index contributed by atoms with van der Waals surface area (Å²) in [6.07, 6.45) is 6.54. The minimum atomic E-state index is 0.0484. The second-order valence-corrected chi connectivity index (χ2v) is 4.09. The first-order valence-electron chi connectivity index (χ1n) is 5.44.